The Hall–Kier alpha value is -2.99. The van der Waals surface area contributed by atoms with Crippen molar-refractivity contribution in [3.05, 3.63) is 11.6 Å². The Morgan fingerprint density at radius 1 is 0.900 bits per heavy atom. The third-order valence-corrected chi connectivity index (χ3v) is 9.15. The summed E-state index contributed by atoms with van der Waals surface area (Å²) in [5.74, 6) is -5.46. The third-order valence-electron chi connectivity index (χ3n) is 9.15. The van der Waals surface area contributed by atoms with E-state index in [4.69, 9.17) is 28.4 Å². The molecule has 0 bridgehead atoms. The maximum absolute atomic E-state index is 13.0. The summed E-state index contributed by atoms with van der Waals surface area (Å²) < 4.78 is 35.0. The Balaban J connectivity index is 2.06. The van der Waals surface area contributed by atoms with E-state index in [0.29, 0.717) is 5.57 Å². The van der Waals surface area contributed by atoms with E-state index in [-0.39, 0.29) is 12.8 Å². The fraction of sp³-hybridized carbons (Fsp3) is 0.750. The Kier molecular flexibility index (Phi) is 7.59. The maximum atomic E-state index is 13.0. The normalized spacial score (nSPS) is 45.2. The van der Waals surface area contributed by atoms with Crippen LogP contribution in [0.2, 0.25) is 0 Å². The van der Waals surface area contributed by atoms with Crippen LogP contribution in [0.5, 0.6) is 0 Å². The number of carbonyl (C=O) groups is 5. The number of aliphatic hydroxyl groups is 1. The quantitative estimate of drug-likeness (QED) is 0.226. The van der Waals surface area contributed by atoms with Crippen LogP contribution >= 0.6 is 0 Å². The molecule has 0 spiro atoms. The SMILES string of the molecule is CC(=O)O[C@H]1C[C@@H]2O[C@]2(C)[C@@H]2[C@H](OC(C)=O)[C@@]3(O)[C@H](/C=C(/C)[C@H](OC(C)=O)C[C@H](OC(C)=O)[C@@]12C)OC(=O)[C@@H]3C. The Morgan fingerprint density at radius 3 is 1.95 bits per heavy atom. The van der Waals surface area contributed by atoms with Crippen LogP contribution in [0.1, 0.15) is 68.2 Å². The van der Waals surface area contributed by atoms with Crippen LogP contribution < -0.4 is 0 Å². The molecule has 0 amide bonds. The lowest BCUT2D eigenvalue weighted by atomic mass is 9.53. The van der Waals surface area contributed by atoms with Gasteiger partial charge in [-0.3, -0.25) is 24.0 Å². The van der Waals surface area contributed by atoms with Crippen LogP contribution in [0, 0.1) is 17.3 Å². The van der Waals surface area contributed by atoms with Crippen LogP contribution in [0.15, 0.2) is 11.6 Å². The molecule has 0 unspecified atom stereocenters. The van der Waals surface area contributed by atoms with E-state index in [1.54, 1.807) is 20.8 Å². The number of ether oxygens (including phenoxy) is 6. The van der Waals surface area contributed by atoms with Gasteiger partial charge < -0.3 is 33.5 Å². The number of esters is 5. The average Bonchev–Trinajstić information content (AvgIpc) is 3.42. The van der Waals surface area contributed by atoms with Gasteiger partial charge in [0.25, 0.3) is 0 Å². The number of fused-ring (bicyclic) bond motifs is 4. The zero-order valence-electron chi connectivity index (χ0n) is 24.0. The van der Waals surface area contributed by atoms with Crippen molar-refractivity contribution in [2.75, 3.05) is 0 Å². The molecule has 4 aliphatic rings. The summed E-state index contributed by atoms with van der Waals surface area (Å²) in [4.78, 5) is 62.6. The molecule has 222 valence electrons. The number of epoxide rings is 1. The van der Waals surface area contributed by atoms with Crippen molar-refractivity contribution in [1.82, 2.24) is 0 Å². The van der Waals surface area contributed by atoms with Gasteiger partial charge in [-0.1, -0.05) is 6.92 Å². The van der Waals surface area contributed by atoms with Crippen LogP contribution in [0.4, 0.5) is 0 Å². The molecule has 0 aromatic carbocycles. The van der Waals surface area contributed by atoms with Gasteiger partial charge in [0.2, 0.25) is 0 Å². The lowest BCUT2D eigenvalue weighted by molar-refractivity contribution is -0.235. The second-order valence-corrected chi connectivity index (χ2v) is 11.8. The highest BCUT2D eigenvalue weighted by Gasteiger charge is 2.78. The summed E-state index contributed by atoms with van der Waals surface area (Å²) in [7, 11) is 0. The summed E-state index contributed by atoms with van der Waals surface area (Å²) in [5.41, 5.74) is -4.12. The number of carbonyl (C=O) groups excluding carboxylic acids is 5. The highest BCUT2D eigenvalue weighted by molar-refractivity contribution is 5.78. The van der Waals surface area contributed by atoms with Crippen molar-refractivity contribution in [3.63, 3.8) is 0 Å². The van der Waals surface area contributed by atoms with Gasteiger partial charge >= 0.3 is 29.8 Å². The van der Waals surface area contributed by atoms with Gasteiger partial charge in [0.05, 0.1) is 23.0 Å². The van der Waals surface area contributed by atoms with Gasteiger partial charge in [0, 0.05) is 46.5 Å². The minimum Gasteiger partial charge on any atom is -0.462 e. The standard InChI is InChI=1S/C28H38O12/c1-12-9-22-28(34,13(2)25(33)39-22)24(38-17(6)32)23-26(7,19(36-15(4)30)10-18(12)35-14(3)29)20(37-16(5)31)11-21-27(23,8)40-21/h9,13,18-24,34H,10-11H2,1-8H3/b12-9-/t13-,18+,19-,20-,21-,22-,23+,24-,26-,27-,28-/m0/s1. The van der Waals surface area contributed by atoms with Gasteiger partial charge in [-0.25, -0.2) is 0 Å². The third kappa shape index (κ3) is 4.78. The topological polar surface area (TPSA) is 164 Å². The molecule has 4 rings (SSSR count). The molecule has 1 N–H and O–H groups in total. The molecular weight excluding hydrogens is 528 g/mol. The fourth-order valence-corrected chi connectivity index (χ4v) is 7.14. The van der Waals surface area contributed by atoms with Crippen LogP contribution in [0.25, 0.3) is 0 Å². The van der Waals surface area contributed by atoms with Gasteiger partial charge in [-0.15, -0.1) is 0 Å². The number of rotatable bonds is 4. The van der Waals surface area contributed by atoms with Gasteiger partial charge in [0.15, 0.2) is 11.7 Å². The molecule has 0 aromatic rings. The van der Waals surface area contributed by atoms with Crippen LogP contribution in [0.3, 0.4) is 0 Å². The Labute approximate surface area is 232 Å². The monoisotopic (exact) mass is 566 g/mol. The summed E-state index contributed by atoms with van der Waals surface area (Å²) >= 11 is 0. The van der Waals surface area contributed by atoms with E-state index in [0.717, 1.165) is 0 Å². The molecule has 11 atom stereocenters. The molecule has 12 nitrogen and oxygen atoms in total. The highest BCUT2D eigenvalue weighted by atomic mass is 16.6. The van der Waals surface area contributed by atoms with Crippen molar-refractivity contribution in [1.29, 1.82) is 0 Å². The predicted octanol–water partition coefficient (Wildman–Crippen LogP) is 1.54. The van der Waals surface area contributed by atoms with E-state index in [9.17, 15) is 29.1 Å². The molecule has 0 radical (unpaired) electrons. The van der Waals surface area contributed by atoms with E-state index in [1.807, 2.05) is 0 Å². The summed E-state index contributed by atoms with van der Waals surface area (Å²) in [6.45, 7) is 11.5. The molecule has 2 saturated heterocycles. The van der Waals surface area contributed by atoms with Gasteiger partial charge in [-0.05, 0) is 32.4 Å². The van der Waals surface area contributed by atoms with E-state index < -0.39 is 94.9 Å². The molecule has 2 aliphatic heterocycles. The molecule has 40 heavy (non-hydrogen) atoms. The van der Waals surface area contributed by atoms with Crippen molar-refractivity contribution < 1.29 is 57.5 Å². The lowest BCUT2D eigenvalue weighted by Crippen LogP contribution is -2.69. The average molecular weight is 567 g/mol. The molecule has 3 fully saturated rings. The molecule has 2 heterocycles. The zero-order valence-corrected chi connectivity index (χ0v) is 24.0. The van der Waals surface area contributed by atoms with E-state index in [1.165, 1.54) is 40.7 Å². The number of hydrogen-bond acceptors (Lipinski definition) is 12. The predicted molar refractivity (Wildman–Crippen MR) is 134 cm³/mol. The minimum atomic E-state index is -2.12. The van der Waals surface area contributed by atoms with Crippen molar-refractivity contribution in [2.45, 2.75) is 116 Å². The lowest BCUT2D eigenvalue weighted by Gasteiger charge is -2.55. The Bertz CT molecular complexity index is 1150. The van der Waals surface area contributed by atoms with Crippen molar-refractivity contribution >= 4 is 29.8 Å². The molecule has 1 saturated carbocycles. The number of hydrogen-bond donors (Lipinski definition) is 1. The van der Waals surface area contributed by atoms with E-state index in [2.05, 4.69) is 0 Å². The van der Waals surface area contributed by atoms with Gasteiger partial charge in [-0.2, -0.15) is 0 Å². The first kappa shape index (κ1) is 30.0. The second kappa shape index (κ2) is 10.1. The molecule has 2 aliphatic carbocycles. The minimum absolute atomic E-state index is 0.0611. The summed E-state index contributed by atoms with van der Waals surface area (Å²) in [6, 6.07) is 0. The first-order valence-corrected chi connectivity index (χ1v) is 13.4. The smallest absolute Gasteiger partial charge is 0.312 e. The Morgan fingerprint density at radius 2 is 1.43 bits per heavy atom. The van der Waals surface area contributed by atoms with Crippen molar-refractivity contribution in [3.8, 4) is 0 Å². The summed E-state index contributed by atoms with van der Waals surface area (Å²) in [5, 5.41) is 12.5. The van der Waals surface area contributed by atoms with Crippen molar-refractivity contribution in [2.24, 2.45) is 17.3 Å². The first-order valence-electron chi connectivity index (χ1n) is 13.4. The largest absolute Gasteiger partial charge is 0.462 e. The zero-order chi connectivity index (χ0) is 29.9. The molecule has 12 heteroatoms. The molecular formula is C28H38O12. The highest BCUT2D eigenvalue weighted by Crippen LogP contribution is 2.64. The maximum Gasteiger partial charge on any atom is 0.312 e. The summed E-state index contributed by atoms with van der Waals surface area (Å²) in [6.07, 6.45) is -4.52. The van der Waals surface area contributed by atoms with Crippen LogP contribution in [-0.2, 0) is 52.4 Å². The fourth-order valence-electron chi connectivity index (χ4n) is 7.14. The van der Waals surface area contributed by atoms with Crippen LogP contribution in [-0.4, -0.2) is 82.8 Å². The molecule has 0 aromatic heterocycles. The van der Waals surface area contributed by atoms with Gasteiger partial charge in [0.1, 0.15) is 24.4 Å². The second-order valence-electron chi connectivity index (χ2n) is 11.8. The first-order chi connectivity index (χ1) is 18.5. The van der Waals surface area contributed by atoms with E-state index >= 15 is 0 Å².